The van der Waals surface area contributed by atoms with Gasteiger partial charge in [0, 0.05) is 6.08 Å². The van der Waals surface area contributed by atoms with Crippen LogP contribution in [-0.4, -0.2) is 52.7 Å². The average Bonchev–Trinajstić information content (AvgIpc) is 2.84. The van der Waals surface area contributed by atoms with E-state index in [1.165, 1.54) is 62.8 Å². The van der Waals surface area contributed by atoms with Crippen LogP contribution in [0.15, 0.2) is 54.6 Å². The first-order valence-electron chi connectivity index (χ1n) is 10.1. The highest BCUT2D eigenvalue weighted by atomic mass is 19.4. The van der Waals surface area contributed by atoms with Crippen molar-refractivity contribution in [3.63, 3.8) is 0 Å². The molecule has 2 rings (SSSR count). The Kier molecular flexibility index (Phi) is 11.3. The molecule has 0 saturated carbocycles. The third-order valence-corrected chi connectivity index (χ3v) is 4.64. The number of benzene rings is 2. The highest BCUT2D eigenvalue weighted by Crippen LogP contribution is 2.38. The van der Waals surface area contributed by atoms with E-state index in [0.29, 0.717) is 11.8 Å². The predicted molar refractivity (Wildman–Crippen MR) is 117 cm³/mol. The quantitative estimate of drug-likeness (QED) is 0.263. The van der Waals surface area contributed by atoms with Crippen LogP contribution in [0, 0.1) is 0 Å². The molecule has 0 heterocycles. The summed E-state index contributed by atoms with van der Waals surface area (Å²) in [6.07, 6.45) is -9.50. The fourth-order valence-corrected chi connectivity index (χ4v) is 2.83. The molecule has 2 aromatic carbocycles. The van der Waals surface area contributed by atoms with Gasteiger partial charge in [-0.25, -0.2) is 4.79 Å². The Bertz CT molecular complexity index is 1050. The second kappa shape index (κ2) is 13.4. The molecule has 0 bridgehead atoms. The molecule has 0 aliphatic rings. The van der Waals surface area contributed by atoms with E-state index in [1.54, 1.807) is 0 Å². The fraction of sp³-hybridized carbons (Fsp3) is 0.333. The maximum atomic E-state index is 12.9. The van der Waals surface area contributed by atoms with Crippen molar-refractivity contribution in [2.24, 2.45) is 0 Å². The van der Waals surface area contributed by atoms with Gasteiger partial charge in [-0.2, -0.15) is 26.3 Å². The zero-order valence-corrected chi connectivity index (χ0v) is 19.7. The van der Waals surface area contributed by atoms with Gasteiger partial charge in [0.15, 0.2) is 0 Å². The highest BCUT2D eigenvalue weighted by Gasteiger charge is 2.42. The minimum atomic E-state index is -4.65. The summed E-state index contributed by atoms with van der Waals surface area (Å²) < 4.78 is 95.3. The number of halogens is 6. The normalized spacial score (nSPS) is 12.6. The maximum Gasteiger partial charge on any atom is 0.417 e. The molecule has 2 aromatic rings. The van der Waals surface area contributed by atoms with Gasteiger partial charge in [-0.3, -0.25) is 4.79 Å². The first kappa shape index (κ1) is 30.3. The van der Waals surface area contributed by atoms with Crippen LogP contribution in [0.5, 0.6) is 11.5 Å². The summed E-state index contributed by atoms with van der Waals surface area (Å²) >= 11 is 0. The van der Waals surface area contributed by atoms with Crippen LogP contribution in [0.4, 0.5) is 26.3 Å². The summed E-state index contributed by atoms with van der Waals surface area (Å²) in [4.78, 5) is 22.0. The number of esters is 2. The van der Waals surface area contributed by atoms with Gasteiger partial charge in [0.05, 0.1) is 46.4 Å². The SMILES string of the molecule is COC(=O)/C=C(/c1cccc(OC)c1)C(F)(F)F.COC(=O)CC(c1cccc(OC)c1)C(F)(F)F. The van der Waals surface area contributed by atoms with Crippen molar-refractivity contribution in [2.75, 3.05) is 28.4 Å². The molecule has 0 aromatic heterocycles. The monoisotopic (exact) mass is 522 g/mol. The number of rotatable bonds is 7. The zero-order chi connectivity index (χ0) is 27.5. The van der Waals surface area contributed by atoms with Gasteiger partial charge < -0.3 is 18.9 Å². The highest BCUT2D eigenvalue weighted by molar-refractivity contribution is 5.92. The van der Waals surface area contributed by atoms with Crippen LogP contribution in [-0.2, 0) is 19.1 Å². The molecule has 12 heteroatoms. The lowest BCUT2D eigenvalue weighted by Crippen LogP contribution is -2.24. The number of allylic oxidation sites excluding steroid dienone is 1. The van der Waals surface area contributed by atoms with E-state index in [1.807, 2.05) is 0 Å². The Labute approximate surface area is 203 Å². The van der Waals surface area contributed by atoms with E-state index in [9.17, 15) is 35.9 Å². The number of hydrogen-bond donors (Lipinski definition) is 0. The summed E-state index contributed by atoms with van der Waals surface area (Å²) in [7, 11) is 4.78. The molecule has 0 aliphatic carbocycles. The summed E-state index contributed by atoms with van der Waals surface area (Å²) in [6, 6.07) is 10.9. The molecule has 1 atom stereocenters. The van der Waals surface area contributed by atoms with Crippen LogP contribution >= 0.6 is 0 Å². The molecule has 0 aliphatic heterocycles. The Hall–Kier alpha value is -3.70. The van der Waals surface area contributed by atoms with Gasteiger partial charge in [0.2, 0.25) is 0 Å². The second-order valence-electron chi connectivity index (χ2n) is 6.96. The first-order valence-corrected chi connectivity index (χ1v) is 10.1. The Morgan fingerprint density at radius 3 is 1.86 bits per heavy atom. The van der Waals surface area contributed by atoms with Crippen molar-refractivity contribution >= 4 is 17.5 Å². The van der Waals surface area contributed by atoms with Crippen LogP contribution in [0.1, 0.15) is 23.5 Å². The number of methoxy groups -OCH3 is 4. The van der Waals surface area contributed by atoms with Gasteiger partial charge in [-0.1, -0.05) is 24.3 Å². The van der Waals surface area contributed by atoms with Crippen LogP contribution < -0.4 is 9.47 Å². The topological polar surface area (TPSA) is 71.1 Å². The largest absolute Gasteiger partial charge is 0.497 e. The lowest BCUT2D eigenvalue weighted by molar-refractivity contribution is -0.164. The second-order valence-corrected chi connectivity index (χ2v) is 6.96. The van der Waals surface area contributed by atoms with E-state index in [-0.39, 0.29) is 16.9 Å². The van der Waals surface area contributed by atoms with E-state index in [4.69, 9.17) is 9.47 Å². The van der Waals surface area contributed by atoms with E-state index < -0.39 is 42.2 Å². The Balaban J connectivity index is 0.000000360. The molecule has 1 unspecified atom stereocenters. The number of carbonyl (C=O) groups excluding carboxylic acids is 2. The van der Waals surface area contributed by atoms with E-state index in [0.717, 1.165) is 14.2 Å². The van der Waals surface area contributed by atoms with Crippen LogP contribution in [0.2, 0.25) is 0 Å². The summed E-state index contributed by atoms with van der Waals surface area (Å²) in [5.74, 6) is -3.27. The molecule has 0 spiro atoms. The zero-order valence-electron chi connectivity index (χ0n) is 19.7. The van der Waals surface area contributed by atoms with E-state index in [2.05, 4.69) is 9.47 Å². The Morgan fingerprint density at radius 1 is 0.833 bits per heavy atom. The molecule has 0 amide bonds. The van der Waals surface area contributed by atoms with Crippen molar-refractivity contribution in [2.45, 2.75) is 24.7 Å². The average molecular weight is 522 g/mol. The van der Waals surface area contributed by atoms with Crippen molar-refractivity contribution in [3.05, 3.63) is 65.7 Å². The van der Waals surface area contributed by atoms with E-state index >= 15 is 0 Å². The molecular weight excluding hydrogens is 498 g/mol. The number of carbonyl (C=O) groups is 2. The van der Waals surface area contributed by atoms with Crippen molar-refractivity contribution < 1.29 is 54.9 Å². The Morgan fingerprint density at radius 2 is 1.39 bits per heavy atom. The summed E-state index contributed by atoms with van der Waals surface area (Å²) in [6.45, 7) is 0. The molecule has 36 heavy (non-hydrogen) atoms. The van der Waals surface area contributed by atoms with Crippen LogP contribution in [0.25, 0.3) is 5.57 Å². The van der Waals surface area contributed by atoms with Gasteiger partial charge in [-0.15, -0.1) is 0 Å². The van der Waals surface area contributed by atoms with Crippen LogP contribution in [0.3, 0.4) is 0 Å². The molecule has 6 nitrogen and oxygen atoms in total. The lowest BCUT2D eigenvalue weighted by atomic mass is 9.95. The van der Waals surface area contributed by atoms with Crippen molar-refractivity contribution in [3.8, 4) is 11.5 Å². The first-order chi connectivity index (χ1) is 16.8. The van der Waals surface area contributed by atoms with Crippen molar-refractivity contribution in [1.29, 1.82) is 0 Å². The van der Waals surface area contributed by atoms with Gasteiger partial charge in [0.1, 0.15) is 11.5 Å². The minimum Gasteiger partial charge on any atom is -0.497 e. The third kappa shape index (κ3) is 9.51. The summed E-state index contributed by atoms with van der Waals surface area (Å²) in [5, 5.41) is 0. The molecule has 0 N–H and O–H groups in total. The molecule has 0 radical (unpaired) electrons. The smallest absolute Gasteiger partial charge is 0.417 e. The molecular formula is C24H24F6O6. The third-order valence-electron chi connectivity index (χ3n) is 4.64. The van der Waals surface area contributed by atoms with Gasteiger partial charge >= 0.3 is 24.3 Å². The predicted octanol–water partition coefficient (Wildman–Crippen LogP) is 5.72. The summed E-state index contributed by atoms with van der Waals surface area (Å²) in [5.41, 5.74) is -1.26. The standard InChI is InChI=1S/C12H13F3O3.C12H11F3O3/c2*1-17-9-5-3-4-8(6-9)10(12(13,14)15)7-11(16)18-2/h3-6,10H,7H2,1-2H3;3-7H,1-2H3/b;10-7-. The maximum absolute atomic E-state index is 12.9. The number of alkyl halides is 6. The fourth-order valence-electron chi connectivity index (χ4n) is 2.83. The van der Waals surface area contributed by atoms with Gasteiger partial charge in [0.25, 0.3) is 0 Å². The molecule has 0 fully saturated rings. The number of hydrogen-bond acceptors (Lipinski definition) is 6. The number of ether oxygens (including phenoxy) is 4. The molecule has 0 saturated heterocycles. The van der Waals surface area contributed by atoms with Gasteiger partial charge in [-0.05, 0) is 35.4 Å². The molecule has 198 valence electrons. The van der Waals surface area contributed by atoms with Crippen molar-refractivity contribution in [1.82, 2.24) is 0 Å². The lowest BCUT2D eigenvalue weighted by Gasteiger charge is -2.20. The minimum absolute atomic E-state index is 0.0211.